The third-order valence-electron chi connectivity index (χ3n) is 2.33. The van der Waals surface area contributed by atoms with Gasteiger partial charge in [-0.2, -0.15) is 25.5 Å². The van der Waals surface area contributed by atoms with Gasteiger partial charge in [-0.25, -0.2) is 0 Å². The summed E-state index contributed by atoms with van der Waals surface area (Å²) in [7, 11) is 6.82. The fourth-order valence-corrected chi connectivity index (χ4v) is 10.6. The maximum atomic E-state index is 2.52. The van der Waals surface area contributed by atoms with Gasteiger partial charge in [0.05, 0.1) is 28.2 Å². The highest BCUT2D eigenvalue weighted by Gasteiger charge is 2.26. The summed E-state index contributed by atoms with van der Waals surface area (Å²) in [5, 5.41) is 0. The van der Waals surface area contributed by atoms with Gasteiger partial charge in [0.2, 0.25) is 0 Å². The number of hydrogen-bond acceptors (Lipinski definition) is 0. The van der Waals surface area contributed by atoms with E-state index in [4.69, 9.17) is 0 Å². The van der Waals surface area contributed by atoms with Crippen molar-refractivity contribution in [3.8, 4) is 0 Å². The summed E-state index contributed by atoms with van der Waals surface area (Å²) in [6.45, 7) is 20.1. The van der Waals surface area contributed by atoms with E-state index in [1.54, 1.807) is 0 Å². The summed E-state index contributed by atoms with van der Waals surface area (Å²) in [4.78, 5) is 0. The summed E-state index contributed by atoms with van der Waals surface area (Å²) in [6, 6.07) is 0. The molecule has 0 atom stereocenters. The Morgan fingerprint density at radius 2 is 0.833 bits per heavy atom. The molecule has 0 aliphatic heterocycles. The minimum Gasteiger partial charge on any atom is -0.333 e. The van der Waals surface area contributed by atoms with Crippen LogP contribution in [0.15, 0.2) is 0 Å². The fraction of sp³-hybridized carbons (Fsp3) is 1.00. The molecule has 0 aromatic rings. The first-order chi connectivity index (χ1) is 7.41. The van der Waals surface area contributed by atoms with Gasteiger partial charge >= 0.3 is 0 Å². The highest BCUT2D eigenvalue weighted by atomic mass is 28.3. The van der Waals surface area contributed by atoms with Crippen LogP contribution in [0.3, 0.4) is 0 Å². The number of rotatable bonds is 4. The Morgan fingerprint density at radius 1 is 0.667 bits per heavy atom. The molecule has 0 amide bonds. The van der Waals surface area contributed by atoms with Crippen molar-refractivity contribution in [1.29, 1.82) is 0 Å². The van der Waals surface area contributed by atoms with Crippen molar-refractivity contribution < 1.29 is 4.48 Å². The lowest BCUT2D eigenvalue weighted by atomic mass is 9.31. The quantitative estimate of drug-likeness (QED) is 0.516. The lowest BCUT2D eigenvalue weighted by molar-refractivity contribution is -0.849. The van der Waals surface area contributed by atoms with Crippen LogP contribution in [0.25, 0.3) is 0 Å². The van der Waals surface area contributed by atoms with E-state index in [1.807, 2.05) is 0 Å². The second kappa shape index (κ2) is 6.76. The summed E-state index contributed by atoms with van der Waals surface area (Å²) in [6.07, 6.45) is -0.0571. The number of hydrogen-bond donors (Lipinski definition) is 0. The molecule has 0 aromatic carbocycles. The summed E-state index contributed by atoms with van der Waals surface area (Å²) < 4.78 is 1.00. The molecule has 0 aromatic heterocycles. The average Bonchev–Trinajstić information content (AvgIpc) is 1.64. The predicted molar refractivity (Wildman–Crippen MR) is 97.7 cm³/mol. The van der Waals surface area contributed by atoms with Crippen molar-refractivity contribution in [2.24, 2.45) is 0 Å². The maximum absolute atomic E-state index is 2.52. The zero-order chi connectivity index (χ0) is 15.4. The largest absolute Gasteiger partial charge is 0.333 e. The molecule has 18 heavy (non-hydrogen) atoms. The fourth-order valence-electron chi connectivity index (χ4n) is 3.39. The molecule has 112 valence electrons. The Labute approximate surface area is 120 Å². The molecular formula is C14H40BNSi2. The predicted octanol–water partition coefficient (Wildman–Crippen LogP) is 4.77. The zero-order valence-electron chi connectivity index (χ0n) is 15.4. The van der Waals surface area contributed by atoms with E-state index in [1.165, 1.54) is 11.9 Å². The third-order valence-corrected chi connectivity index (χ3v) is 6.99. The molecule has 0 N–H and O–H groups in total. The minimum atomic E-state index is -0.842. The van der Waals surface area contributed by atoms with E-state index in [9.17, 15) is 0 Å². The molecule has 0 bridgehead atoms. The van der Waals surface area contributed by atoms with Gasteiger partial charge in [0, 0.05) is 16.1 Å². The molecule has 1 nitrogen and oxygen atoms in total. The highest BCUT2D eigenvalue weighted by Crippen LogP contribution is 2.27. The molecule has 0 saturated carbocycles. The van der Waals surface area contributed by atoms with E-state index in [0.29, 0.717) is 0 Å². The Morgan fingerprint density at radius 3 is 0.944 bits per heavy atom. The van der Waals surface area contributed by atoms with Crippen LogP contribution < -0.4 is 0 Å². The normalized spacial score (nSPS) is 14.0. The maximum Gasteiger partial charge on any atom is 0.0675 e. The molecule has 0 unspecified atom stereocenters. The van der Waals surface area contributed by atoms with Gasteiger partial charge in [-0.05, 0) is 6.15 Å². The van der Waals surface area contributed by atoms with Crippen molar-refractivity contribution in [3.63, 3.8) is 0 Å². The van der Waals surface area contributed by atoms with E-state index < -0.39 is 16.1 Å². The van der Waals surface area contributed by atoms with E-state index in [-0.39, 0.29) is 6.15 Å². The number of nitrogens with zero attached hydrogens (tertiary/aromatic N) is 1. The van der Waals surface area contributed by atoms with Gasteiger partial charge in [-0.3, -0.25) is 0 Å². The smallest absolute Gasteiger partial charge is 0.0675 e. The van der Waals surface area contributed by atoms with Gasteiger partial charge in [-0.15, -0.1) is 0 Å². The first kappa shape index (κ1) is 20.8. The number of quaternary nitrogens is 1. The molecule has 0 radical (unpaired) electrons. The molecule has 0 spiro atoms. The van der Waals surface area contributed by atoms with Crippen LogP contribution in [0.4, 0.5) is 0 Å². The second-order valence-corrected chi connectivity index (χ2v) is 21.8. The van der Waals surface area contributed by atoms with Crippen molar-refractivity contribution in [2.45, 2.75) is 64.8 Å². The first-order valence-electron chi connectivity index (χ1n) is 7.47. The second-order valence-electron chi connectivity index (χ2n) is 10.7. The van der Waals surface area contributed by atoms with Crippen LogP contribution in [0.5, 0.6) is 0 Å². The topological polar surface area (TPSA) is 0 Å². The Hall–Kier alpha value is 0.459. The van der Waals surface area contributed by atoms with Crippen LogP contribution in [0, 0.1) is 0 Å². The molecule has 0 saturated heterocycles. The molecule has 4 heteroatoms. The summed E-state index contributed by atoms with van der Waals surface area (Å²) >= 11 is 0. The Kier molecular flexibility index (Phi) is 7.80. The Bertz CT molecular complexity index is 208. The van der Waals surface area contributed by atoms with Gasteiger partial charge in [0.1, 0.15) is 0 Å². The molecule has 0 rings (SSSR count). The molecule has 0 aliphatic carbocycles. The van der Waals surface area contributed by atoms with Gasteiger partial charge in [-0.1, -0.05) is 39.3 Å². The van der Waals surface area contributed by atoms with Crippen LogP contribution >= 0.6 is 0 Å². The van der Waals surface area contributed by atoms with Crippen LogP contribution in [-0.2, 0) is 0 Å². The van der Waals surface area contributed by atoms with Crippen LogP contribution in [0.1, 0.15) is 0 Å². The van der Waals surface area contributed by atoms with Crippen molar-refractivity contribution >= 4 is 22.3 Å². The van der Waals surface area contributed by atoms with Crippen LogP contribution in [0.2, 0.25) is 64.8 Å². The third kappa shape index (κ3) is 25.3. The van der Waals surface area contributed by atoms with Gasteiger partial charge in [0.15, 0.2) is 0 Å². The average molecular weight is 289 g/mol. The molecule has 0 heterocycles. The van der Waals surface area contributed by atoms with Gasteiger partial charge in [0.25, 0.3) is 0 Å². The Balaban J connectivity index is 0. The summed E-state index contributed by atoms with van der Waals surface area (Å²) in [5.74, 6) is 3.08. The van der Waals surface area contributed by atoms with Crippen molar-refractivity contribution in [3.05, 3.63) is 0 Å². The molecule has 0 fully saturated rings. The lowest BCUT2D eigenvalue weighted by Crippen LogP contribution is -2.43. The monoisotopic (exact) mass is 289 g/mol. The van der Waals surface area contributed by atoms with Crippen LogP contribution in [-0.4, -0.2) is 55.0 Å². The highest BCUT2D eigenvalue weighted by molar-refractivity contribution is 7.01. The molecular weight excluding hydrogens is 249 g/mol. The van der Waals surface area contributed by atoms with E-state index in [2.05, 4.69) is 81.1 Å². The van der Waals surface area contributed by atoms with E-state index in [0.717, 1.165) is 4.48 Å². The zero-order valence-corrected chi connectivity index (χ0v) is 17.4. The standard InChI is InChI=1S/C10H28BSi2.C4H12N/c1-11(2,9-12(3,4)5)10-13(6,7)8;1-5(2,3)4/h9-10H2,1-8H3;1-4H3/q-1;+1. The van der Waals surface area contributed by atoms with Gasteiger partial charge < -0.3 is 4.48 Å². The van der Waals surface area contributed by atoms with E-state index >= 15 is 0 Å². The van der Waals surface area contributed by atoms with Crippen molar-refractivity contribution in [2.75, 3.05) is 28.2 Å². The lowest BCUT2D eigenvalue weighted by Gasteiger charge is -2.40. The minimum absolute atomic E-state index is 0.0571. The summed E-state index contributed by atoms with van der Waals surface area (Å²) in [5.41, 5.74) is 0. The van der Waals surface area contributed by atoms with Crippen molar-refractivity contribution in [1.82, 2.24) is 0 Å². The first-order valence-corrected chi connectivity index (χ1v) is 14.9. The SMILES string of the molecule is C[B-](C)(C[Si](C)(C)C)C[Si](C)(C)C.C[N+](C)(C)C. The molecule has 0 aliphatic rings.